The Balaban J connectivity index is 0.000000260. The summed E-state index contributed by atoms with van der Waals surface area (Å²) in [6.07, 6.45) is 10.0. The summed E-state index contributed by atoms with van der Waals surface area (Å²) in [6, 6.07) is 32.0. The number of hydrogen-bond acceptors (Lipinski definition) is 0. The molecule has 0 fully saturated rings. The molecule has 5 aromatic rings. The quantitative estimate of drug-likeness (QED) is 0.203. The maximum atomic E-state index is 5.98. The summed E-state index contributed by atoms with van der Waals surface area (Å²) in [5, 5.41) is 7.00. The monoisotopic (exact) mass is 736 g/mol. The Hall–Kier alpha value is -1.86. The minimum absolute atomic E-state index is 0. The van der Waals surface area contributed by atoms with E-state index in [9.17, 15) is 0 Å². The van der Waals surface area contributed by atoms with Gasteiger partial charge < -0.3 is 24.8 Å². The van der Waals surface area contributed by atoms with Crippen LogP contribution in [-0.4, -0.2) is 3.21 Å². The fraction of sp³-hybridized carbons (Fsp3) is 0.231. The van der Waals surface area contributed by atoms with Gasteiger partial charge in [0.2, 0.25) is 0 Å². The Morgan fingerprint density at radius 1 is 0.682 bits per heavy atom. The van der Waals surface area contributed by atoms with Gasteiger partial charge in [-0.1, -0.05) is 76.9 Å². The van der Waals surface area contributed by atoms with E-state index in [1.165, 1.54) is 60.1 Å². The smallest absolute Gasteiger partial charge is 0.109 e. The number of fused-ring (bicyclic) bond motifs is 3. The summed E-state index contributed by atoms with van der Waals surface area (Å²) in [5.41, 5.74) is 5.53. The van der Waals surface area contributed by atoms with Crippen LogP contribution in [0.2, 0.25) is 10.0 Å². The van der Waals surface area contributed by atoms with E-state index in [2.05, 4.69) is 108 Å². The standard InChI is InChI=1S/C21H25.C13H8Cl2.C5H5.2ClH.Zr/c1-20(2,3)16-7-9-18-14(12-16)11-15-13-17(21(4,5)6)8-10-19(15)18;14-12-5-1-3-10(8-12)7-11-4-2-6-13(15)9-11;1-2-4-5-3-1;;;/h7-13H,1-6H3;1-6,8-9H;1-3H,4H2;2*1H;/q-1;;-1;;;+2/p-2. The van der Waals surface area contributed by atoms with Crippen LogP contribution in [0.4, 0.5) is 0 Å². The molecular weight excluding hydrogens is 701 g/mol. The molecule has 0 amide bonds. The van der Waals surface area contributed by atoms with Gasteiger partial charge in [0.15, 0.2) is 0 Å². The van der Waals surface area contributed by atoms with Crippen molar-refractivity contribution in [3.63, 3.8) is 0 Å². The zero-order chi connectivity index (χ0) is 30.5. The van der Waals surface area contributed by atoms with Crippen molar-refractivity contribution in [2.45, 2.75) is 58.8 Å². The first kappa shape index (κ1) is 38.3. The van der Waals surface area contributed by atoms with Crippen molar-refractivity contribution in [1.82, 2.24) is 0 Å². The first-order chi connectivity index (χ1) is 19.8. The van der Waals surface area contributed by atoms with E-state index in [0.29, 0.717) is 0 Å². The third-order valence-electron chi connectivity index (χ3n) is 7.25. The van der Waals surface area contributed by atoms with Gasteiger partial charge in [-0.3, -0.25) is 6.08 Å². The van der Waals surface area contributed by atoms with Crippen LogP contribution >= 0.6 is 23.2 Å². The van der Waals surface area contributed by atoms with Crippen LogP contribution in [0.1, 0.15) is 70.2 Å². The molecule has 0 spiro atoms. The van der Waals surface area contributed by atoms with Gasteiger partial charge >= 0.3 is 120 Å². The van der Waals surface area contributed by atoms with Crippen LogP contribution in [0.15, 0.2) is 109 Å². The van der Waals surface area contributed by atoms with Crippen molar-refractivity contribution in [3.05, 3.63) is 148 Å². The second-order valence-corrected chi connectivity index (χ2v) is 14.7. The van der Waals surface area contributed by atoms with Gasteiger partial charge in [-0.2, -0.15) is 6.08 Å². The zero-order valence-corrected chi connectivity index (χ0v) is 31.6. The minimum atomic E-state index is 0. The Bertz CT molecular complexity index is 1640. The predicted molar refractivity (Wildman–Crippen MR) is 182 cm³/mol. The molecule has 0 heterocycles. The maximum Gasteiger partial charge on any atom is -0.109 e. The van der Waals surface area contributed by atoms with Crippen molar-refractivity contribution < 1.29 is 49.0 Å². The summed E-state index contributed by atoms with van der Waals surface area (Å²) in [6.45, 7) is 13.6. The van der Waals surface area contributed by atoms with Crippen molar-refractivity contribution in [2.24, 2.45) is 0 Å². The number of benzene rings is 4. The molecule has 44 heavy (non-hydrogen) atoms. The first-order valence-electron chi connectivity index (χ1n) is 14.3. The molecule has 0 unspecified atom stereocenters. The molecular formula is C39H38Cl4Zr-2. The van der Waals surface area contributed by atoms with Gasteiger partial charge in [0.25, 0.3) is 0 Å². The third-order valence-corrected chi connectivity index (χ3v) is 9.14. The largest absolute Gasteiger partial charge is 1.00 e. The van der Waals surface area contributed by atoms with E-state index < -0.39 is 0 Å². The summed E-state index contributed by atoms with van der Waals surface area (Å²) < 4.78 is 1.26. The molecule has 0 N–H and O–H groups in total. The molecule has 0 radical (unpaired) electrons. The number of rotatable bonds is 2. The second-order valence-electron chi connectivity index (χ2n) is 12.6. The minimum Gasteiger partial charge on any atom is -1.00 e. The van der Waals surface area contributed by atoms with Gasteiger partial charge in [0.1, 0.15) is 0 Å². The van der Waals surface area contributed by atoms with Crippen LogP contribution in [0, 0.1) is 6.08 Å². The van der Waals surface area contributed by atoms with E-state index >= 15 is 0 Å². The Labute approximate surface area is 301 Å². The Kier molecular flexibility index (Phi) is 14.5. The Morgan fingerprint density at radius 2 is 1.14 bits per heavy atom. The van der Waals surface area contributed by atoms with Crippen molar-refractivity contribution in [1.29, 1.82) is 0 Å². The molecule has 5 aromatic carbocycles. The topological polar surface area (TPSA) is 0 Å². The normalized spacial score (nSPS) is 12.0. The maximum absolute atomic E-state index is 5.98. The summed E-state index contributed by atoms with van der Waals surface area (Å²) >= 11 is 13.3. The molecule has 228 valence electrons. The molecule has 0 aromatic heterocycles. The zero-order valence-electron chi connectivity index (χ0n) is 26.1. The average molecular weight is 740 g/mol. The molecule has 0 nitrogen and oxygen atoms in total. The Morgan fingerprint density at radius 3 is 1.45 bits per heavy atom. The second kappa shape index (κ2) is 16.6. The molecule has 0 saturated heterocycles. The van der Waals surface area contributed by atoms with Crippen LogP contribution in [-0.2, 0) is 35.1 Å². The van der Waals surface area contributed by atoms with Gasteiger partial charge in [0.05, 0.1) is 0 Å². The third kappa shape index (κ3) is 10.3. The molecule has 0 saturated carbocycles. The summed E-state index contributed by atoms with van der Waals surface area (Å²) in [5.74, 6) is 0. The van der Waals surface area contributed by atoms with Crippen LogP contribution in [0.3, 0.4) is 0 Å². The molecule has 0 bridgehead atoms. The first-order valence-corrected chi connectivity index (χ1v) is 16.3. The van der Waals surface area contributed by atoms with Gasteiger partial charge in [-0.05, 0) is 10.8 Å². The molecule has 1 aliphatic carbocycles. The van der Waals surface area contributed by atoms with Crippen molar-refractivity contribution in [3.8, 4) is 0 Å². The number of allylic oxidation sites excluding steroid dienone is 4. The van der Waals surface area contributed by atoms with E-state index in [4.69, 9.17) is 23.2 Å². The number of halogens is 4. The SMILES string of the molecule is CC(C)(C)c1ccc2c(c1)[cH-]c1cc(C(C)(C)C)ccc12.Clc1cccc([C](=[Zr+2])c2cccc(Cl)c2)c1.[C-]1=CC=CC1.[Cl-].[Cl-]. The summed E-state index contributed by atoms with van der Waals surface area (Å²) in [7, 11) is 0. The molecule has 0 aliphatic heterocycles. The fourth-order valence-electron chi connectivity index (χ4n) is 4.75. The van der Waals surface area contributed by atoms with Gasteiger partial charge in [-0.15, -0.1) is 46.2 Å². The van der Waals surface area contributed by atoms with Crippen LogP contribution < -0.4 is 24.8 Å². The van der Waals surface area contributed by atoms with Crippen LogP contribution in [0.25, 0.3) is 21.5 Å². The van der Waals surface area contributed by atoms with Crippen molar-refractivity contribution in [2.75, 3.05) is 0 Å². The van der Waals surface area contributed by atoms with Gasteiger partial charge in [-0.25, -0.2) is 12.2 Å². The van der Waals surface area contributed by atoms with E-state index in [1.54, 1.807) is 0 Å². The molecule has 5 heteroatoms. The summed E-state index contributed by atoms with van der Waals surface area (Å²) in [4.78, 5) is 0. The van der Waals surface area contributed by atoms with E-state index in [0.717, 1.165) is 27.6 Å². The average Bonchev–Trinajstić information content (AvgIpc) is 3.63. The molecule has 1 aliphatic rings. The van der Waals surface area contributed by atoms with Gasteiger partial charge in [0, 0.05) is 0 Å². The van der Waals surface area contributed by atoms with Crippen molar-refractivity contribution >= 4 is 48.0 Å². The van der Waals surface area contributed by atoms with E-state index in [-0.39, 0.29) is 35.6 Å². The molecule has 6 rings (SSSR count). The number of hydrogen-bond donors (Lipinski definition) is 0. The fourth-order valence-corrected chi connectivity index (χ4v) is 5.90. The molecule has 0 atom stereocenters. The van der Waals surface area contributed by atoms with Crippen LogP contribution in [0.5, 0.6) is 0 Å². The predicted octanol–water partition coefficient (Wildman–Crippen LogP) is 5.73. The van der Waals surface area contributed by atoms with E-state index in [1.807, 2.05) is 48.6 Å².